The van der Waals surface area contributed by atoms with Gasteiger partial charge in [0.1, 0.15) is 0 Å². The number of aliphatic hydroxyl groups excluding tert-OH is 1. The average molecular weight is 345 g/mol. The van der Waals surface area contributed by atoms with Crippen molar-refractivity contribution < 1.29 is 37.9 Å². The lowest BCUT2D eigenvalue weighted by Crippen LogP contribution is -2.20. The number of hydrogen-bond donors (Lipinski definition) is 1. The van der Waals surface area contributed by atoms with Crippen molar-refractivity contribution in [1.29, 1.82) is 0 Å². The lowest BCUT2D eigenvalue weighted by atomic mass is 10.1. The van der Waals surface area contributed by atoms with E-state index in [1.165, 1.54) is 13.8 Å². The summed E-state index contributed by atoms with van der Waals surface area (Å²) in [5.41, 5.74) is -2.97. The highest BCUT2D eigenvalue weighted by atomic mass is 19.2. The molecule has 0 unspecified atom stereocenters. The summed E-state index contributed by atoms with van der Waals surface area (Å²) < 4.78 is 35.7. The van der Waals surface area contributed by atoms with E-state index in [0.29, 0.717) is 6.07 Å². The van der Waals surface area contributed by atoms with E-state index in [4.69, 9.17) is 0 Å². The highest BCUT2D eigenvalue weighted by molar-refractivity contribution is 6.19. The zero-order valence-corrected chi connectivity index (χ0v) is 12.7. The molecule has 0 aliphatic carbocycles. The van der Waals surface area contributed by atoms with E-state index >= 15 is 0 Å². The number of esters is 2. The Kier molecular flexibility index (Phi) is 6.33. The Hall–Kier alpha value is -3.04. The third-order valence-corrected chi connectivity index (χ3v) is 2.69. The SMILES string of the molecule is CCOC(=O)C(C(=O)OCC)=C(O)c1cc(F)c(F)cc1[N+](=O)[O-]. The van der Waals surface area contributed by atoms with E-state index in [-0.39, 0.29) is 19.3 Å². The van der Waals surface area contributed by atoms with Gasteiger partial charge in [-0.05, 0) is 19.9 Å². The first kappa shape index (κ1) is 19.0. The molecule has 8 nitrogen and oxygen atoms in total. The fourth-order valence-corrected chi connectivity index (χ4v) is 1.69. The number of carbonyl (C=O) groups is 2. The van der Waals surface area contributed by atoms with Crippen molar-refractivity contribution in [3.63, 3.8) is 0 Å². The quantitative estimate of drug-likeness (QED) is 0.160. The topological polar surface area (TPSA) is 116 Å². The molecule has 1 rings (SSSR count). The summed E-state index contributed by atoms with van der Waals surface area (Å²) in [4.78, 5) is 33.5. The molecule has 0 saturated carbocycles. The summed E-state index contributed by atoms with van der Waals surface area (Å²) in [6.07, 6.45) is 0. The number of ether oxygens (including phenoxy) is 2. The summed E-state index contributed by atoms with van der Waals surface area (Å²) in [6.45, 7) is 2.49. The Labute approximate surface area is 134 Å². The highest BCUT2D eigenvalue weighted by Crippen LogP contribution is 2.29. The van der Waals surface area contributed by atoms with E-state index in [9.17, 15) is 33.6 Å². The molecular formula is C14H13F2NO7. The Morgan fingerprint density at radius 2 is 1.58 bits per heavy atom. The van der Waals surface area contributed by atoms with Crippen molar-refractivity contribution in [3.05, 3.63) is 45.0 Å². The predicted octanol–water partition coefficient (Wildman–Crippen LogP) is 2.27. The van der Waals surface area contributed by atoms with Gasteiger partial charge in [0.2, 0.25) is 0 Å². The largest absolute Gasteiger partial charge is 0.506 e. The van der Waals surface area contributed by atoms with E-state index in [1.807, 2.05) is 0 Å². The maximum Gasteiger partial charge on any atom is 0.349 e. The van der Waals surface area contributed by atoms with Crippen LogP contribution in [-0.4, -0.2) is 35.2 Å². The average Bonchev–Trinajstić information content (AvgIpc) is 2.49. The lowest BCUT2D eigenvalue weighted by Gasteiger charge is -2.10. The lowest BCUT2D eigenvalue weighted by molar-refractivity contribution is -0.385. The van der Waals surface area contributed by atoms with Crippen LogP contribution in [0.3, 0.4) is 0 Å². The van der Waals surface area contributed by atoms with Crippen LogP contribution in [0.2, 0.25) is 0 Å². The predicted molar refractivity (Wildman–Crippen MR) is 75.8 cm³/mol. The van der Waals surface area contributed by atoms with Gasteiger partial charge in [-0.1, -0.05) is 0 Å². The summed E-state index contributed by atoms with van der Waals surface area (Å²) in [5, 5.41) is 21.1. The van der Waals surface area contributed by atoms with Crippen LogP contribution in [0.25, 0.3) is 5.76 Å². The maximum atomic E-state index is 13.4. The second-order valence-corrected chi connectivity index (χ2v) is 4.21. The highest BCUT2D eigenvalue weighted by Gasteiger charge is 2.31. The van der Waals surface area contributed by atoms with Crippen molar-refractivity contribution >= 4 is 23.4 Å². The second kappa shape index (κ2) is 7.99. The van der Waals surface area contributed by atoms with Crippen molar-refractivity contribution in [2.24, 2.45) is 0 Å². The minimum absolute atomic E-state index is 0.172. The van der Waals surface area contributed by atoms with E-state index in [2.05, 4.69) is 9.47 Å². The Bertz CT molecular complexity index is 695. The van der Waals surface area contributed by atoms with Crippen LogP contribution in [0.5, 0.6) is 0 Å². The first-order valence-corrected chi connectivity index (χ1v) is 6.65. The Morgan fingerprint density at radius 1 is 1.12 bits per heavy atom. The van der Waals surface area contributed by atoms with Crippen molar-refractivity contribution in [1.82, 2.24) is 0 Å². The number of rotatable bonds is 6. The molecular weight excluding hydrogens is 332 g/mol. The number of nitro benzene ring substituents is 1. The molecule has 1 aromatic rings. The zero-order valence-electron chi connectivity index (χ0n) is 12.7. The first-order chi connectivity index (χ1) is 11.2. The third kappa shape index (κ3) is 4.03. The normalized spacial score (nSPS) is 10.0. The van der Waals surface area contributed by atoms with Crippen LogP contribution in [0.15, 0.2) is 17.7 Å². The molecule has 24 heavy (non-hydrogen) atoms. The van der Waals surface area contributed by atoms with Crippen molar-refractivity contribution in [2.75, 3.05) is 13.2 Å². The van der Waals surface area contributed by atoms with Crippen LogP contribution in [-0.2, 0) is 19.1 Å². The molecule has 0 fully saturated rings. The molecule has 0 saturated heterocycles. The van der Waals surface area contributed by atoms with E-state index in [0.717, 1.165) is 0 Å². The number of carbonyl (C=O) groups excluding carboxylic acids is 2. The molecule has 1 aromatic carbocycles. The molecule has 0 heterocycles. The number of halogens is 2. The van der Waals surface area contributed by atoms with Gasteiger partial charge in [-0.25, -0.2) is 18.4 Å². The van der Waals surface area contributed by atoms with Gasteiger partial charge in [0.15, 0.2) is 23.0 Å². The molecule has 0 spiro atoms. The third-order valence-electron chi connectivity index (χ3n) is 2.69. The monoisotopic (exact) mass is 345 g/mol. The second-order valence-electron chi connectivity index (χ2n) is 4.21. The van der Waals surface area contributed by atoms with Gasteiger partial charge in [0.05, 0.1) is 29.8 Å². The fraction of sp³-hybridized carbons (Fsp3) is 0.286. The van der Waals surface area contributed by atoms with Crippen LogP contribution < -0.4 is 0 Å². The molecule has 130 valence electrons. The standard InChI is InChI=1S/C14H13F2NO7/c1-3-23-13(19)11(14(20)24-4-2)12(18)7-5-8(15)9(16)6-10(7)17(21)22/h5-6,18H,3-4H2,1-2H3. The van der Waals surface area contributed by atoms with Gasteiger partial charge >= 0.3 is 11.9 Å². The molecule has 1 N–H and O–H groups in total. The summed E-state index contributed by atoms with van der Waals surface area (Å²) >= 11 is 0. The van der Waals surface area contributed by atoms with Gasteiger partial charge in [0.25, 0.3) is 5.69 Å². The van der Waals surface area contributed by atoms with Gasteiger partial charge < -0.3 is 14.6 Å². The van der Waals surface area contributed by atoms with Crippen LogP contribution in [0, 0.1) is 21.7 Å². The number of nitrogens with zero attached hydrogens (tertiary/aromatic N) is 1. The van der Waals surface area contributed by atoms with Gasteiger partial charge in [-0.15, -0.1) is 0 Å². The Balaban J connectivity index is 3.65. The minimum Gasteiger partial charge on any atom is -0.506 e. The summed E-state index contributed by atoms with van der Waals surface area (Å²) in [7, 11) is 0. The van der Waals surface area contributed by atoms with Gasteiger partial charge in [-0.3, -0.25) is 10.1 Å². The minimum atomic E-state index is -1.54. The van der Waals surface area contributed by atoms with Crippen LogP contribution in [0.1, 0.15) is 19.4 Å². The number of benzene rings is 1. The molecule has 0 amide bonds. The Morgan fingerprint density at radius 3 is 2.00 bits per heavy atom. The maximum absolute atomic E-state index is 13.4. The number of nitro groups is 1. The number of hydrogen-bond acceptors (Lipinski definition) is 7. The van der Waals surface area contributed by atoms with Gasteiger partial charge in [-0.2, -0.15) is 0 Å². The van der Waals surface area contributed by atoms with E-state index in [1.54, 1.807) is 0 Å². The summed E-state index contributed by atoms with van der Waals surface area (Å²) in [6, 6.07) is 0.510. The molecule has 0 radical (unpaired) electrons. The number of aliphatic hydroxyl groups is 1. The van der Waals surface area contributed by atoms with Gasteiger partial charge in [0, 0.05) is 0 Å². The molecule has 0 bridgehead atoms. The van der Waals surface area contributed by atoms with Crippen molar-refractivity contribution in [3.8, 4) is 0 Å². The fourth-order valence-electron chi connectivity index (χ4n) is 1.69. The molecule has 0 atom stereocenters. The molecule has 10 heteroatoms. The first-order valence-electron chi connectivity index (χ1n) is 6.65. The molecule has 0 aliphatic heterocycles. The van der Waals surface area contributed by atoms with Crippen molar-refractivity contribution in [2.45, 2.75) is 13.8 Å². The van der Waals surface area contributed by atoms with E-state index < -0.39 is 51.1 Å². The molecule has 0 aromatic heterocycles. The molecule has 0 aliphatic rings. The zero-order chi connectivity index (χ0) is 18.4. The van der Waals surface area contributed by atoms with Crippen LogP contribution >= 0.6 is 0 Å². The smallest absolute Gasteiger partial charge is 0.349 e. The summed E-state index contributed by atoms with van der Waals surface area (Å²) in [5.74, 6) is -6.96. The van der Waals surface area contributed by atoms with Crippen LogP contribution in [0.4, 0.5) is 14.5 Å².